The van der Waals surface area contributed by atoms with Crippen LogP contribution in [-0.2, 0) is 9.53 Å². The van der Waals surface area contributed by atoms with Gasteiger partial charge < -0.3 is 9.47 Å². The minimum Gasteiger partial charge on any atom is -0.482 e. The zero-order valence-electron chi connectivity index (χ0n) is 13.4. The van der Waals surface area contributed by atoms with Gasteiger partial charge in [-0.15, -0.1) is 0 Å². The van der Waals surface area contributed by atoms with Crippen LogP contribution in [0.15, 0.2) is 42.5 Å². The van der Waals surface area contributed by atoms with Crippen molar-refractivity contribution in [3.8, 4) is 5.75 Å². The third kappa shape index (κ3) is 5.33. The number of hydrogen-bond donors (Lipinski definition) is 0. The van der Waals surface area contributed by atoms with Crippen molar-refractivity contribution >= 4 is 31.4 Å². The molecule has 0 spiro atoms. The molecule has 0 aliphatic heterocycles. The number of aryl methyl sites for hydroxylation is 1. The van der Waals surface area contributed by atoms with E-state index >= 15 is 0 Å². The minimum absolute atomic E-state index is 0.0762. The first-order chi connectivity index (χ1) is 11.1. The summed E-state index contributed by atoms with van der Waals surface area (Å²) in [5.41, 5.74) is 3.80. The van der Waals surface area contributed by atoms with E-state index in [1.54, 1.807) is 6.92 Å². The fourth-order valence-electron chi connectivity index (χ4n) is 2.13. The lowest BCUT2D eigenvalue weighted by atomic mass is 9.94. The first-order valence-electron chi connectivity index (χ1n) is 7.51. The lowest BCUT2D eigenvalue weighted by Gasteiger charge is -2.09. The molecule has 2 aromatic carbocycles. The minimum atomic E-state index is -0.363. The summed E-state index contributed by atoms with van der Waals surface area (Å²) in [6.07, 6.45) is 4.02. The van der Waals surface area contributed by atoms with Crippen LogP contribution in [-0.4, -0.2) is 27.0 Å². The number of benzene rings is 2. The van der Waals surface area contributed by atoms with E-state index in [1.807, 2.05) is 61.5 Å². The third-order valence-electron chi connectivity index (χ3n) is 3.23. The highest BCUT2D eigenvalue weighted by Gasteiger charge is 2.05. The Morgan fingerprint density at radius 3 is 2.52 bits per heavy atom. The summed E-state index contributed by atoms with van der Waals surface area (Å²) >= 11 is 0. The van der Waals surface area contributed by atoms with Gasteiger partial charge >= 0.3 is 5.97 Å². The Balaban J connectivity index is 2.02. The van der Waals surface area contributed by atoms with E-state index in [0.29, 0.717) is 12.4 Å². The molecule has 0 unspecified atom stereocenters. The quantitative estimate of drug-likeness (QED) is 0.468. The Morgan fingerprint density at radius 2 is 1.87 bits per heavy atom. The Kier molecular flexibility index (Phi) is 6.04. The SMILES string of the molecule is [B]c1cccc(C=Cc2ccc(OCC(=O)OCC)c(C)c2)c1. The first-order valence-corrected chi connectivity index (χ1v) is 7.51. The fourth-order valence-corrected chi connectivity index (χ4v) is 2.13. The molecule has 116 valence electrons. The number of esters is 1. The standard InChI is InChI=1S/C19H19BO3/c1-3-22-19(21)13-23-18-10-9-16(11-14(18)2)8-7-15-5-4-6-17(20)12-15/h4-12H,3,13H2,1-2H3. The number of rotatable bonds is 6. The van der Waals surface area contributed by atoms with Gasteiger partial charge in [-0.2, -0.15) is 0 Å². The van der Waals surface area contributed by atoms with Crippen molar-refractivity contribution in [3.63, 3.8) is 0 Å². The highest BCUT2D eigenvalue weighted by atomic mass is 16.6. The molecule has 0 atom stereocenters. The molecule has 0 saturated carbocycles. The van der Waals surface area contributed by atoms with Gasteiger partial charge in [0.1, 0.15) is 13.6 Å². The van der Waals surface area contributed by atoms with E-state index in [9.17, 15) is 4.79 Å². The van der Waals surface area contributed by atoms with Crippen LogP contribution in [0.3, 0.4) is 0 Å². The molecule has 0 aliphatic carbocycles. The average Bonchev–Trinajstić information content (AvgIpc) is 2.52. The van der Waals surface area contributed by atoms with E-state index in [4.69, 9.17) is 17.3 Å². The molecule has 0 aliphatic rings. The van der Waals surface area contributed by atoms with Gasteiger partial charge in [0.05, 0.1) is 6.61 Å². The molecule has 2 radical (unpaired) electrons. The van der Waals surface area contributed by atoms with Crippen molar-refractivity contribution in [2.45, 2.75) is 13.8 Å². The number of carbonyl (C=O) groups excluding carboxylic acids is 1. The molecule has 23 heavy (non-hydrogen) atoms. The van der Waals surface area contributed by atoms with E-state index in [-0.39, 0.29) is 12.6 Å². The Hall–Kier alpha value is -2.49. The highest BCUT2D eigenvalue weighted by molar-refractivity contribution is 6.32. The van der Waals surface area contributed by atoms with Crippen LogP contribution in [0, 0.1) is 6.92 Å². The molecular formula is C19H19BO3. The molecule has 0 N–H and O–H groups in total. The second-order valence-electron chi connectivity index (χ2n) is 5.12. The van der Waals surface area contributed by atoms with Crippen LogP contribution in [0.2, 0.25) is 0 Å². The van der Waals surface area contributed by atoms with Crippen molar-refractivity contribution in [3.05, 3.63) is 59.2 Å². The number of hydrogen-bond acceptors (Lipinski definition) is 3. The van der Waals surface area contributed by atoms with Gasteiger partial charge in [-0.25, -0.2) is 4.79 Å². The summed E-state index contributed by atoms with van der Waals surface area (Å²) in [4.78, 5) is 11.3. The van der Waals surface area contributed by atoms with Crippen LogP contribution >= 0.6 is 0 Å². The average molecular weight is 306 g/mol. The highest BCUT2D eigenvalue weighted by Crippen LogP contribution is 2.20. The van der Waals surface area contributed by atoms with Crippen LogP contribution < -0.4 is 10.2 Å². The van der Waals surface area contributed by atoms with Crippen LogP contribution in [0.25, 0.3) is 12.2 Å². The van der Waals surface area contributed by atoms with Crippen molar-refractivity contribution in [1.82, 2.24) is 0 Å². The van der Waals surface area contributed by atoms with E-state index in [1.165, 1.54) is 0 Å². The van der Waals surface area contributed by atoms with Crippen molar-refractivity contribution in [1.29, 1.82) is 0 Å². The lowest BCUT2D eigenvalue weighted by Crippen LogP contribution is -2.14. The number of carbonyl (C=O) groups is 1. The Bertz CT molecular complexity index is 708. The molecule has 2 aromatic rings. The molecule has 0 bridgehead atoms. The predicted molar refractivity (Wildman–Crippen MR) is 94.1 cm³/mol. The number of ether oxygens (including phenoxy) is 2. The van der Waals surface area contributed by atoms with Gasteiger partial charge in [-0.1, -0.05) is 47.9 Å². The van der Waals surface area contributed by atoms with Gasteiger partial charge in [0.25, 0.3) is 0 Å². The maximum Gasteiger partial charge on any atom is 0.344 e. The zero-order valence-corrected chi connectivity index (χ0v) is 13.4. The van der Waals surface area contributed by atoms with Crippen LogP contribution in [0.5, 0.6) is 5.75 Å². The Morgan fingerprint density at radius 1 is 1.13 bits per heavy atom. The molecule has 0 aromatic heterocycles. The molecule has 0 fully saturated rings. The van der Waals surface area contributed by atoms with Gasteiger partial charge in [0, 0.05) is 0 Å². The molecular weight excluding hydrogens is 287 g/mol. The van der Waals surface area contributed by atoms with E-state index in [2.05, 4.69) is 0 Å². The Labute approximate surface area is 138 Å². The van der Waals surface area contributed by atoms with Gasteiger partial charge in [-0.05, 0) is 42.7 Å². The van der Waals surface area contributed by atoms with Crippen molar-refractivity contribution < 1.29 is 14.3 Å². The maximum absolute atomic E-state index is 11.3. The monoisotopic (exact) mass is 306 g/mol. The molecule has 0 amide bonds. The molecule has 0 saturated heterocycles. The molecule has 0 heterocycles. The van der Waals surface area contributed by atoms with Gasteiger partial charge in [0.2, 0.25) is 0 Å². The molecule has 4 heteroatoms. The lowest BCUT2D eigenvalue weighted by molar-refractivity contribution is -0.145. The summed E-state index contributed by atoms with van der Waals surface area (Å²) in [5, 5.41) is 0. The summed E-state index contributed by atoms with van der Waals surface area (Å²) < 4.78 is 10.3. The zero-order chi connectivity index (χ0) is 16.7. The summed E-state index contributed by atoms with van der Waals surface area (Å²) in [6.45, 7) is 3.99. The largest absolute Gasteiger partial charge is 0.482 e. The topological polar surface area (TPSA) is 35.5 Å². The van der Waals surface area contributed by atoms with Crippen molar-refractivity contribution in [2.75, 3.05) is 13.2 Å². The van der Waals surface area contributed by atoms with Crippen molar-refractivity contribution in [2.24, 2.45) is 0 Å². The van der Waals surface area contributed by atoms with Gasteiger partial charge in [0.15, 0.2) is 6.61 Å². The summed E-state index contributed by atoms with van der Waals surface area (Å²) in [5.74, 6) is 0.316. The summed E-state index contributed by atoms with van der Waals surface area (Å²) in [7, 11) is 5.76. The van der Waals surface area contributed by atoms with Gasteiger partial charge in [-0.3, -0.25) is 0 Å². The second-order valence-corrected chi connectivity index (χ2v) is 5.12. The smallest absolute Gasteiger partial charge is 0.344 e. The predicted octanol–water partition coefficient (Wildman–Crippen LogP) is 2.90. The normalized spacial score (nSPS) is 10.7. The summed E-state index contributed by atoms with van der Waals surface area (Å²) in [6, 6.07) is 13.5. The molecule has 3 nitrogen and oxygen atoms in total. The van der Waals surface area contributed by atoms with Crippen LogP contribution in [0.1, 0.15) is 23.6 Å². The van der Waals surface area contributed by atoms with Crippen LogP contribution in [0.4, 0.5) is 0 Å². The third-order valence-corrected chi connectivity index (χ3v) is 3.23. The molecule has 2 rings (SSSR count). The first kappa shape index (κ1) is 16.9. The maximum atomic E-state index is 11.3. The fraction of sp³-hybridized carbons (Fsp3) is 0.211. The van der Waals surface area contributed by atoms with E-state index in [0.717, 1.165) is 22.2 Å². The second kappa shape index (κ2) is 8.23. The van der Waals surface area contributed by atoms with E-state index < -0.39 is 0 Å².